The molecule has 1 aliphatic heterocycles. The zero-order chi connectivity index (χ0) is 14.5. The molecule has 20 heavy (non-hydrogen) atoms. The van der Waals surface area contributed by atoms with Crippen molar-refractivity contribution in [3.63, 3.8) is 0 Å². The van der Waals surface area contributed by atoms with Crippen LogP contribution in [0.15, 0.2) is 24.3 Å². The van der Waals surface area contributed by atoms with E-state index in [1.54, 1.807) is 0 Å². The minimum atomic E-state index is -1.43. The van der Waals surface area contributed by atoms with Gasteiger partial charge in [0, 0.05) is 17.3 Å². The fraction of sp³-hybridized carbons (Fsp3) is 0.286. The summed E-state index contributed by atoms with van der Waals surface area (Å²) in [5, 5.41) is 22.3. The largest absolute Gasteiger partial charge is 0.480 e. The van der Waals surface area contributed by atoms with Crippen molar-refractivity contribution < 1.29 is 19.8 Å². The molecular formula is C14H14N2O4. The lowest BCUT2D eigenvalue weighted by Gasteiger charge is -2.34. The summed E-state index contributed by atoms with van der Waals surface area (Å²) in [5.74, 6) is -2.15. The van der Waals surface area contributed by atoms with Crippen LogP contribution >= 0.6 is 0 Å². The predicted molar refractivity (Wildman–Crippen MR) is 71.6 cm³/mol. The van der Waals surface area contributed by atoms with Crippen LogP contribution in [0.3, 0.4) is 0 Å². The first-order valence-electron chi connectivity index (χ1n) is 6.27. The number of carbonyl (C=O) groups is 2. The molecule has 1 aromatic heterocycles. The van der Waals surface area contributed by atoms with Crippen molar-refractivity contribution in [2.45, 2.75) is 24.9 Å². The lowest BCUT2D eigenvalue weighted by Crippen LogP contribution is -2.58. The van der Waals surface area contributed by atoms with Gasteiger partial charge in [0.1, 0.15) is 6.04 Å². The third-order valence-electron chi connectivity index (χ3n) is 3.91. The van der Waals surface area contributed by atoms with Crippen molar-refractivity contribution in [3.05, 3.63) is 35.5 Å². The number of hydrogen-bond acceptors (Lipinski definition) is 3. The van der Waals surface area contributed by atoms with Crippen molar-refractivity contribution in [2.75, 3.05) is 0 Å². The smallest absolute Gasteiger partial charge is 0.329 e. The van der Waals surface area contributed by atoms with E-state index >= 15 is 0 Å². The maximum atomic E-state index is 11.6. The Morgan fingerprint density at radius 1 is 1.30 bits per heavy atom. The summed E-state index contributed by atoms with van der Waals surface area (Å²) in [6.45, 7) is 1.48. The molecule has 0 amide bonds. The van der Waals surface area contributed by atoms with Crippen molar-refractivity contribution in [3.8, 4) is 0 Å². The Morgan fingerprint density at radius 3 is 2.65 bits per heavy atom. The molecule has 6 nitrogen and oxygen atoms in total. The Hall–Kier alpha value is -2.34. The van der Waals surface area contributed by atoms with Gasteiger partial charge < -0.3 is 15.2 Å². The lowest BCUT2D eigenvalue weighted by molar-refractivity contribution is -0.147. The number of para-hydroxylation sites is 1. The van der Waals surface area contributed by atoms with Crippen LogP contribution in [-0.4, -0.2) is 33.2 Å². The number of hydrogen-bond donors (Lipinski definition) is 4. The van der Waals surface area contributed by atoms with Gasteiger partial charge in [0.25, 0.3) is 0 Å². The standard InChI is InChI=1S/C14H14N2O4/c1-14(13(19)20)11-8(6-10(16-14)12(17)18)7-4-2-3-5-9(7)15-11/h2-5,10,15-16H,6H2,1H3,(H,17,18)(H,19,20)/t10-,14?/m0/s1. The summed E-state index contributed by atoms with van der Waals surface area (Å²) in [6, 6.07) is 6.52. The van der Waals surface area contributed by atoms with Crippen LogP contribution < -0.4 is 5.32 Å². The molecule has 0 aliphatic carbocycles. The van der Waals surface area contributed by atoms with E-state index in [9.17, 15) is 19.8 Å². The van der Waals surface area contributed by atoms with Crippen molar-refractivity contribution >= 4 is 22.8 Å². The molecule has 104 valence electrons. The molecule has 2 atom stereocenters. The Bertz CT molecular complexity index is 721. The zero-order valence-corrected chi connectivity index (χ0v) is 10.8. The number of aromatic amines is 1. The third-order valence-corrected chi connectivity index (χ3v) is 3.91. The number of carboxylic acids is 2. The second kappa shape index (κ2) is 4.08. The normalized spacial score (nSPS) is 25.4. The topological polar surface area (TPSA) is 102 Å². The van der Waals surface area contributed by atoms with Gasteiger partial charge in [-0.3, -0.25) is 10.1 Å². The average Bonchev–Trinajstić information content (AvgIpc) is 2.78. The summed E-state index contributed by atoms with van der Waals surface area (Å²) in [7, 11) is 0. The van der Waals surface area contributed by atoms with E-state index in [0.29, 0.717) is 5.69 Å². The van der Waals surface area contributed by atoms with Gasteiger partial charge in [-0.05, 0) is 18.6 Å². The monoisotopic (exact) mass is 274 g/mol. The van der Waals surface area contributed by atoms with E-state index in [2.05, 4.69) is 10.3 Å². The molecule has 1 aliphatic rings. The van der Waals surface area contributed by atoms with Crippen LogP contribution in [0.4, 0.5) is 0 Å². The second-order valence-corrected chi connectivity index (χ2v) is 5.19. The molecule has 2 aromatic rings. The Kier molecular flexibility index (Phi) is 2.58. The quantitative estimate of drug-likeness (QED) is 0.656. The van der Waals surface area contributed by atoms with Gasteiger partial charge in [-0.1, -0.05) is 18.2 Å². The van der Waals surface area contributed by atoms with Crippen molar-refractivity contribution in [1.82, 2.24) is 10.3 Å². The van der Waals surface area contributed by atoms with E-state index in [1.165, 1.54) is 6.92 Å². The van der Waals surface area contributed by atoms with Crippen molar-refractivity contribution in [2.24, 2.45) is 0 Å². The van der Waals surface area contributed by atoms with Gasteiger partial charge in [0.05, 0.1) is 5.69 Å². The first kappa shape index (κ1) is 12.7. The summed E-state index contributed by atoms with van der Waals surface area (Å²) >= 11 is 0. The van der Waals surface area contributed by atoms with Crippen LogP contribution in [0, 0.1) is 0 Å². The third kappa shape index (κ3) is 1.61. The molecule has 4 N–H and O–H groups in total. The van der Waals surface area contributed by atoms with E-state index < -0.39 is 23.5 Å². The molecule has 0 saturated carbocycles. The van der Waals surface area contributed by atoms with Gasteiger partial charge in [0.2, 0.25) is 0 Å². The van der Waals surface area contributed by atoms with Crippen LogP contribution in [0.1, 0.15) is 18.2 Å². The fourth-order valence-corrected chi connectivity index (χ4v) is 2.83. The molecule has 0 bridgehead atoms. The summed E-state index contributed by atoms with van der Waals surface area (Å²) in [5.41, 5.74) is 0.675. The maximum Gasteiger partial charge on any atom is 0.329 e. The van der Waals surface area contributed by atoms with Gasteiger partial charge in [0.15, 0.2) is 5.54 Å². The summed E-state index contributed by atoms with van der Waals surface area (Å²) in [6.07, 6.45) is 0.261. The Labute approximate surface area is 114 Å². The predicted octanol–water partition coefficient (Wildman–Crippen LogP) is 1.07. The van der Waals surface area contributed by atoms with Gasteiger partial charge in [-0.25, -0.2) is 4.79 Å². The second-order valence-electron chi connectivity index (χ2n) is 5.19. The van der Waals surface area contributed by atoms with Gasteiger partial charge >= 0.3 is 11.9 Å². The number of aliphatic carboxylic acids is 2. The van der Waals surface area contributed by atoms with Crippen molar-refractivity contribution in [1.29, 1.82) is 0 Å². The highest BCUT2D eigenvalue weighted by Gasteiger charge is 2.46. The van der Waals surface area contributed by atoms with E-state index in [1.807, 2.05) is 24.3 Å². The molecule has 0 saturated heterocycles. The number of carboxylic acid groups (broad SMARTS) is 2. The van der Waals surface area contributed by atoms with Crippen LogP contribution in [-0.2, 0) is 21.5 Å². The zero-order valence-electron chi connectivity index (χ0n) is 10.8. The van der Waals surface area contributed by atoms with Gasteiger partial charge in [-0.15, -0.1) is 0 Å². The molecule has 0 radical (unpaired) electrons. The average molecular weight is 274 g/mol. The summed E-state index contributed by atoms with van der Waals surface area (Å²) in [4.78, 5) is 26.0. The molecule has 6 heteroatoms. The van der Waals surface area contributed by atoms with Crippen LogP contribution in [0.2, 0.25) is 0 Å². The Balaban J connectivity index is 2.27. The number of nitrogens with one attached hydrogen (secondary N) is 2. The first-order chi connectivity index (χ1) is 9.43. The number of rotatable bonds is 2. The maximum absolute atomic E-state index is 11.6. The SMILES string of the molecule is CC1(C(=O)O)N[C@H](C(=O)O)Cc2c1[nH]c1ccccc21. The number of benzene rings is 1. The molecule has 0 spiro atoms. The Morgan fingerprint density at radius 2 is 2.00 bits per heavy atom. The molecule has 2 heterocycles. The van der Waals surface area contributed by atoms with E-state index in [0.717, 1.165) is 16.5 Å². The molecule has 0 fully saturated rings. The minimum absolute atomic E-state index is 0.261. The van der Waals surface area contributed by atoms with Crippen LogP contribution in [0.5, 0.6) is 0 Å². The van der Waals surface area contributed by atoms with Crippen LogP contribution in [0.25, 0.3) is 10.9 Å². The van der Waals surface area contributed by atoms with E-state index in [-0.39, 0.29) is 6.42 Å². The molecule has 1 aromatic carbocycles. The van der Waals surface area contributed by atoms with E-state index in [4.69, 9.17) is 0 Å². The fourth-order valence-electron chi connectivity index (χ4n) is 2.83. The highest BCUT2D eigenvalue weighted by atomic mass is 16.4. The number of aromatic nitrogens is 1. The summed E-state index contributed by atoms with van der Waals surface area (Å²) < 4.78 is 0. The molecule has 3 rings (SSSR count). The molecule has 1 unspecified atom stereocenters. The first-order valence-corrected chi connectivity index (χ1v) is 6.27. The molecular weight excluding hydrogens is 260 g/mol. The number of fused-ring (bicyclic) bond motifs is 3. The van der Waals surface area contributed by atoms with Gasteiger partial charge in [-0.2, -0.15) is 0 Å². The minimum Gasteiger partial charge on any atom is -0.480 e. The number of H-pyrrole nitrogens is 1. The highest BCUT2D eigenvalue weighted by Crippen LogP contribution is 2.35. The lowest BCUT2D eigenvalue weighted by atomic mass is 9.85. The highest BCUT2D eigenvalue weighted by molar-refractivity contribution is 5.91.